The lowest BCUT2D eigenvalue weighted by molar-refractivity contribution is -0.0800. The van der Waals surface area contributed by atoms with Crippen LogP contribution in [0.5, 0.6) is 0 Å². The highest BCUT2D eigenvalue weighted by Crippen LogP contribution is 2.63. The van der Waals surface area contributed by atoms with E-state index >= 15 is 0 Å². The quantitative estimate of drug-likeness (QED) is 0.577. The van der Waals surface area contributed by atoms with Gasteiger partial charge in [0.15, 0.2) is 23.6 Å². The van der Waals surface area contributed by atoms with Gasteiger partial charge in [0.25, 0.3) is 0 Å². The van der Waals surface area contributed by atoms with Gasteiger partial charge in [-0.2, -0.15) is 4.98 Å². The molecule has 2 heterocycles. The van der Waals surface area contributed by atoms with Crippen LogP contribution in [0.15, 0.2) is 29.7 Å². The number of halogens is 1. The Morgan fingerprint density at radius 2 is 2.37 bits per heavy atom. The molecule has 8 heteroatoms. The van der Waals surface area contributed by atoms with Crippen LogP contribution < -0.4 is 11.4 Å². The van der Waals surface area contributed by atoms with E-state index in [-0.39, 0.29) is 5.82 Å². The first-order valence-corrected chi connectivity index (χ1v) is 5.59. The van der Waals surface area contributed by atoms with E-state index in [1.165, 1.54) is 12.3 Å². The van der Waals surface area contributed by atoms with Gasteiger partial charge in [0.1, 0.15) is 11.9 Å². The summed E-state index contributed by atoms with van der Waals surface area (Å²) >= 11 is 0. The molecule has 5 unspecified atom stereocenters. The number of aliphatic hydroxyl groups is 2. The van der Waals surface area contributed by atoms with Gasteiger partial charge in [0.2, 0.25) is 0 Å². The van der Waals surface area contributed by atoms with E-state index in [4.69, 9.17) is 10.5 Å². The molecule has 1 saturated heterocycles. The SMILES string of the molecule is C=CC12OC(n3ccc(N)nc3=O)C(F)C1(O)C2O. The Bertz CT molecular complexity index is 620. The number of nitrogens with zero attached hydrogens (tertiary/aromatic N) is 2. The second-order valence-corrected chi connectivity index (χ2v) is 4.68. The molecule has 1 aromatic rings. The van der Waals surface area contributed by atoms with Crippen molar-refractivity contribution in [3.63, 3.8) is 0 Å². The van der Waals surface area contributed by atoms with Gasteiger partial charge in [-0.05, 0) is 6.07 Å². The van der Waals surface area contributed by atoms with Crippen LogP contribution in [-0.4, -0.2) is 43.2 Å². The standard InChI is InChI=1S/C11H12FN3O4/c1-2-10-8(16)11(10,18)6(12)7(19-10)15-4-3-5(13)14-9(15)17/h2-4,6-8,16,18H,1H2,(H2,13,14,17). The third-order valence-electron chi connectivity index (χ3n) is 3.78. The van der Waals surface area contributed by atoms with Crippen molar-refractivity contribution in [2.75, 3.05) is 5.73 Å². The fourth-order valence-electron chi connectivity index (χ4n) is 2.60. The van der Waals surface area contributed by atoms with Gasteiger partial charge in [-0.1, -0.05) is 6.08 Å². The van der Waals surface area contributed by atoms with Gasteiger partial charge in [-0.15, -0.1) is 6.58 Å². The van der Waals surface area contributed by atoms with Crippen molar-refractivity contribution in [3.8, 4) is 0 Å². The molecule has 0 spiro atoms. The van der Waals surface area contributed by atoms with Crippen molar-refractivity contribution in [2.45, 2.75) is 29.7 Å². The summed E-state index contributed by atoms with van der Waals surface area (Å²) in [6, 6.07) is 1.31. The van der Waals surface area contributed by atoms with E-state index in [9.17, 15) is 19.4 Å². The first kappa shape index (κ1) is 12.3. The average molecular weight is 269 g/mol. The second-order valence-electron chi connectivity index (χ2n) is 4.68. The van der Waals surface area contributed by atoms with E-state index in [0.717, 1.165) is 10.6 Å². The lowest BCUT2D eigenvalue weighted by atomic mass is 10.1. The summed E-state index contributed by atoms with van der Waals surface area (Å²) in [6.07, 6.45) is -2.41. The zero-order valence-corrected chi connectivity index (χ0v) is 9.73. The molecule has 0 aromatic carbocycles. The van der Waals surface area contributed by atoms with E-state index in [0.29, 0.717) is 0 Å². The van der Waals surface area contributed by atoms with Crippen molar-refractivity contribution < 1.29 is 19.3 Å². The number of nitrogen functional groups attached to an aromatic ring is 1. The molecule has 1 aromatic heterocycles. The van der Waals surface area contributed by atoms with Gasteiger partial charge in [-0.25, -0.2) is 9.18 Å². The minimum atomic E-state index is -2.08. The van der Waals surface area contributed by atoms with Crippen LogP contribution in [0.25, 0.3) is 0 Å². The fraction of sp³-hybridized carbons (Fsp3) is 0.455. The number of ether oxygens (including phenoxy) is 1. The third-order valence-corrected chi connectivity index (χ3v) is 3.78. The molecule has 0 radical (unpaired) electrons. The third kappa shape index (κ3) is 1.20. The number of rotatable bonds is 2. The zero-order valence-electron chi connectivity index (χ0n) is 9.73. The molecule has 1 aliphatic carbocycles. The van der Waals surface area contributed by atoms with Gasteiger partial charge in [0.05, 0.1) is 0 Å². The lowest BCUT2D eigenvalue weighted by Crippen LogP contribution is -2.38. The highest BCUT2D eigenvalue weighted by Gasteiger charge is 2.87. The summed E-state index contributed by atoms with van der Waals surface area (Å²) in [5.41, 5.74) is 0.864. The van der Waals surface area contributed by atoms with Crippen LogP contribution >= 0.6 is 0 Å². The summed E-state index contributed by atoms with van der Waals surface area (Å²) in [5, 5.41) is 19.6. The number of aliphatic hydroxyl groups excluding tert-OH is 1. The Morgan fingerprint density at radius 3 is 2.89 bits per heavy atom. The Kier molecular flexibility index (Phi) is 2.20. The summed E-state index contributed by atoms with van der Waals surface area (Å²) in [5.74, 6) is -0.00278. The van der Waals surface area contributed by atoms with Gasteiger partial charge in [-0.3, -0.25) is 4.57 Å². The molecule has 1 aliphatic heterocycles. The van der Waals surface area contributed by atoms with Crippen LogP contribution in [0.4, 0.5) is 10.2 Å². The van der Waals surface area contributed by atoms with Crippen LogP contribution in [0, 0.1) is 0 Å². The zero-order chi connectivity index (χ0) is 14.0. The Hall–Kier alpha value is -1.77. The molecule has 5 atom stereocenters. The second kappa shape index (κ2) is 3.41. The van der Waals surface area contributed by atoms with Gasteiger partial charge in [0, 0.05) is 6.20 Å². The summed E-state index contributed by atoms with van der Waals surface area (Å²) in [4.78, 5) is 15.1. The Morgan fingerprint density at radius 1 is 1.68 bits per heavy atom. The highest BCUT2D eigenvalue weighted by atomic mass is 19.1. The monoisotopic (exact) mass is 269 g/mol. The molecular weight excluding hydrogens is 257 g/mol. The number of anilines is 1. The number of fused-ring (bicyclic) bond motifs is 1. The summed E-state index contributed by atoms with van der Waals surface area (Å²) in [7, 11) is 0. The number of nitrogens with two attached hydrogens (primary N) is 1. The predicted molar refractivity (Wildman–Crippen MR) is 61.8 cm³/mol. The smallest absolute Gasteiger partial charge is 0.351 e. The van der Waals surface area contributed by atoms with Crippen LogP contribution in [0.3, 0.4) is 0 Å². The highest BCUT2D eigenvalue weighted by molar-refractivity contribution is 5.41. The van der Waals surface area contributed by atoms with E-state index in [2.05, 4.69) is 11.6 Å². The summed E-state index contributed by atoms with van der Waals surface area (Å²) in [6.45, 7) is 3.42. The molecule has 0 bridgehead atoms. The summed E-state index contributed by atoms with van der Waals surface area (Å²) < 4.78 is 20.4. The molecule has 1 saturated carbocycles. The number of hydrogen-bond donors (Lipinski definition) is 3. The van der Waals surface area contributed by atoms with Crippen molar-refractivity contribution in [3.05, 3.63) is 35.4 Å². The Labute approximate surface area is 106 Å². The van der Waals surface area contributed by atoms with Crippen molar-refractivity contribution in [1.29, 1.82) is 0 Å². The Balaban J connectivity index is 2.02. The van der Waals surface area contributed by atoms with Crippen molar-refractivity contribution >= 4 is 5.82 Å². The first-order valence-electron chi connectivity index (χ1n) is 5.59. The van der Waals surface area contributed by atoms with Crippen LogP contribution in [-0.2, 0) is 4.74 Å². The fourth-order valence-corrected chi connectivity index (χ4v) is 2.60. The first-order chi connectivity index (χ1) is 8.88. The van der Waals surface area contributed by atoms with E-state index in [1.807, 2.05) is 0 Å². The minimum absolute atomic E-state index is 0.00278. The van der Waals surface area contributed by atoms with Crippen LogP contribution in [0.1, 0.15) is 6.23 Å². The molecule has 3 rings (SSSR count). The van der Waals surface area contributed by atoms with Crippen molar-refractivity contribution in [2.24, 2.45) is 0 Å². The lowest BCUT2D eigenvalue weighted by Gasteiger charge is -2.21. The van der Waals surface area contributed by atoms with E-state index < -0.39 is 35.4 Å². The number of hydrogen-bond acceptors (Lipinski definition) is 6. The molecule has 102 valence electrons. The maximum Gasteiger partial charge on any atom is 0.351 e. The normalized spacial score (nSPS) is 43.8. The topological polar surface area (TPSA) is 111 Å². The molecule has 2 aliphatic rings. The molecular formula is C11H12FN3O4. The molecule has 2 fully saturated rings. The largest absolute Gasteiger partial charge is 0.386 e. The molecule has 19 heavy (non-hydrogen) atoms. The van der Waals surface area contributed by atoms with Crippen molar-refractivity contribution in [1.82, 2.24) is 9.55 Å². The molecule has 0 amide bonds. The predicted octanol–water partition coefficient (Wildman–Crippen LogP) is -1.28. The average Bonchev–Trinajstić information content (AvgIpc) is 2.73. The van der Waals surface area contributed by atoms with Crippen LogP contribution in [0.2, 0.25) is 0 Å². The van der Waals surface area contributed by atoms with Gasteiger partial charge < -0.3 is 20.7 Å². The molecule has 4 N–H and O–H groups in total. The maximum atomic E-state index is 14.3. The molecule has 7 nitrogen and oxygen atoms in total. The van der Waals surface area contributed by atoms with Gasteiger partial charge >= 0.3 is 5.69 Å². The maximum absolute atomic E-state index is 14.3. The number of alkyl halides is 1. The minimum Gasteiger partial charge on any atom is -0.386 e. The number of aromatic nitrogens is 2. The van der Waals surface area contributed by atoms with E-state index in [1.54, 1.807) is 0 Å².